The van der Waals surface area contributed by atoms with Crippen LogP contribution in [-0.4, -0.2) is 56.4 Å². The second-order valence-electron chi connectivity index (χ2n) is 6.09. The maximum Gasteiger partial charge on any atom is 0.177 e. The van der Waals surface area contributed by atoms with Crippen LogP contribution in [0.5, 0.6) is 0 Å². The number of carbonyl (C=O) groups excluding carboxylic acids is 1. The number of Topliss-reactive ketones (excluding diaryl/α,β-unsaturated/α-hetero) is 1. The molecule has 3 heteroatoms. The number of aryl methyl sites for hydroxylation is 3. The first-order chi connectivity index (χ1) is 9.31. The van der Waals surface area contributed by atoms with Gasteiger partial charge in [-0.25, -0.2) is 0 Å². The third-order valence-corrected chi connectivity index (χ3v) is 3.51. The normalized spacial score (nSPS) is 11.4. The van der Waals surface area contributed by atoms with E-state index in [2.05, 4.69) is 43.0 Å². The zero-order chi connectivity index (χ0) is 15.3. The van der Waals surface area contributed by atoms with Gasteiger partial charge in [-0.2, -0.15) is 0 Å². The Morgan fingerprint density at radius 2 is 1.55 bits per heavy atom. The number of hydrogen-bond donors (Lipinski definition) is 0. The molecule has 0 bridgehead atoms. The van der Waals surface area contributed by atoms with Gasteiger partial charge in [0.2, 0.25) is 0 Å². The molecule has 0 aliphatic heterocycles. The van der Waals surface area contributed by atoms with E-state index in [0.717, 1.165) is 36.2 Å². The molecule has 1 rings (SSSR count). The summed E-state index contributed by atoms with van der Waals surface area (Å²) in [6.07, 6.45) is 1.09. The molecule has 0 saturated carbocycles. The number of hydrogen-bond acceptors (Lipinski definition) is 3. The van der Waals surface area contributed by atoms with Crippen molar-refractivity contribution in [2.75, 3.05) is 40.8 Å². The molecule has 0 fully saturated rings. The molecule has 0 heterocycles. The molecular formula is C17H28N2O. The van der Waals surface area contributed by atoms with Crippen LogP contribution in [0.4, 0.5) is 0 Å². The van der Waals surface area contributed by atoms with Crippen LogP contribution >= 0.6 is 0 Å². The van der Waals surface area contributed by atoms with Gasteiger partial charge in [0.25, 0.3) is 0 Å². The number of ketones is 1. The molecule has 0 aliphatic carbocycles. The van der Waals surface area contributed by atoms with Crippen molar-refractivity contribution in [1.82, 2.24) is 9.80 Å². The van der Waals surface area contributed by atoms with Crippen molar-refractivity contribution >= 4 is 5.78 Å². The molecular weight excluding hydrogens is 248 g/mol. The van der Waals surface area contributed by atoms with Gasteiger partial charge in [0.1, 0.15) is 0 Å². The minimum atomic E-state index is 0.229. The lowest BCUT2D eigenvalue weighted by Crippen LogP contribution is -2.29. The molecule has 0 radical (unpaired) electrons. The summed E-state index contributed by atoms with van der Waals surface area (Å²) in [5, 5.41) is 0. The van der Waals surface area contributed by atoms with E-state index in [0.29, 0.717) is 6.54 Å². The Bertz CT molecular complexity index is 443. The maximum atomic E-state index is 12.5. The minimum Gasteiger partial charge on any atom is -0.309 e. The van der Waals surface area contributed by atoms with Gasteiger partial charge < -0.3 is 4.90 Å². The second kappa shape index (κ2) is 7.55. The Balaban J connectivity index is 2.63. The lowest BCUT2D eigenvalue weighted by molar-refractivity contribution is 0.0943. The fourth-order valence-electron chi connectivity index (χ4n) is 2.68. The fourth-order valence-corrected chi connectivity index (χ4v) is 2.68. The molecule has 0 saturated heterocycles. The van der Waals surface area contributed by atoms with E-state index in [1.54, 1.807) is 0 Å². The summed E-state index contributed by atoms with van der Waals surface area (Å²) in [5.41, 5.74) is 4.30. The first kappa shape index (κ1) is 16.9. The topological polar surface area (TPSA) is 23.6 Å². The van der Waals surface area contributed by atoms with E-state index in [1.165, 1.54) is 5.56 Å². The predicted molar refractivity (Wildman–Crippen MR) is 85.7 cm³/mol. The number of rotatable bonds is 7. The predicted octanol–water partition coefficient (Wildman–Crippen LogP) is 2.68. The zero-order valence-corrected chi connectivity index (χ0v) is 13.8. The summed E-state index contributed by atoms with van der Waals surface area (Å²) in [5.74, 6) is 0.229. The van der Waals surface area contributed by atoms with Gasteiger partial charge in [0.15, 0.2) is 5.78 Å². The van der Waals surface area contributed by atoms with Crippen LogP contribution < -0.4 is 0 Å². The lowest BCUT2D eigenvalue weighted by Gasteiger charge is -2.19. The van der Waals surface area contributed by atoms with Crippen LogP contribution in [0.1, 0.15) is 33.5 Å². The van der Waals surface area contributed by atoms with Crippen LogP contribution in [-0.2, 0) is 0 Å². The van der Waals surface area contributed by atoms with Crippen molar-refractivity contribution in [2.24, 2.45) is 0 Å². The Labute approximate surface area is 123 Å². The molecule has 0 atom stereocenters. The third-order valence-electron chi connectivity index (χ3n) is 3.51. The lowest BCUT2D eigenvalue weighted by atomic mass is 9.96. The van der Waals surface area contributed by atoms with Crippen molar-refractivity contribution in [3.8, 4) is 0 Å². The smallest absolute Gasteiger partial charge is 0.177 e. The van der Waals surface area contributed by atoms with E-state index in [9.17, 15) is 4.79 Å². The summed E-state index contributed by atoms with van der Waals surface area (Å²) in [4.78, 5) is 16.7. The molecule has 20 heavy (non-hydrogen) atoms. The first-order valence-corrected chi connectivity index (χ1v) is 7.25. The quantitative estimate of drug-likeness (QED) is 0.715. The maximum absolute atomic E-state index is 12.5. The highest BCUT2D eigenvalue weighted by atomic mass is 16.1. The first-order valence-electron chi connectivity index (χ1n) is 7.25. The van der Waals surface area contributed by atoms with Crippen molar-refractivity contribution in [1.29, 1.82) is 0 Å². The summed E-state index contributed by atoms with van der Waals surface area (Å²) < 4.78 is 0. The molecule has 0 spiro atoms. The summed E-state index contributed by atoms with van der Waals surface area (Å²) in [6.45, 7) is 8.63. The standard InChI is InChI=1S/C17H28N2O/c1-13-10-14(2)17(15(3)11-13)16(20)12-19(6)9-7-8-18(4)5/h10-11H,7-9,12H2,1-6H3. The van der Waals surface area contributed by atoms with E-state index in [1.807, 2.05) is 20.9 Å². The molecule has 0 aromatic heterocycles. The number of benzene rings is 1. The highest BCUT2D eigenvalue weighted by Crippen LogP contribution is 2.17. The molecule has 0 unspecified atom stereocenters. The molecule has 1 aromatic rings. The third kappa shape index (κ3) is 5.06. The van der Waals surface area contributed by atoms with Gasteiger partial charge in [0, 0.05) is 5.56 Å². The Hall–Kier alpha value is -1.19. The molecule has 1 aromatic carbocycles. The highest BCUT2D eigenvalue weighted by molar-refractivity contribution is 6.00. The largest absolute Gasteiger partial charge is 0.309 e. The summed E-state index contributed by atoms with van der Waals surface area (Å²) >= 11 is 0. The molecule has 0 amide bonds. The Morgan fingerprint density at radius 1 is 1.00 bits per heavy atom. The fraction of sp³-hybridized carbons (Fsp3) is 0.588. The molecule has 3 nitrogen and oxygen atoms in total. The SMILES string of the molecule is Cc1cc(C)c(C(=O)CN(C)CCCN(C)C)c(C)c1. The highest BCUT2D eigenvalue weighted by Gasteiger charge is 2.14. The monoisotopic (exact) mass is 276 g/mol. The van der Waals surface area contributed by atoms with Gasteiger partial charge in [0.05, 0.1) is 6.54 Å². The Kier molecular flexibility index (Phi) is 6.37. The second-order valence-corrected chi connectivity index (χ2v) is 6.09. The van der Waals surface area contributed by atoms with Gasteiger partial charge in [-0.05, 0) is 72.6 Å². The molecule has 112 valence electrons. The number of likely N-dealkylation sites (N-methyl/N-ethyl adjacent to an activating group) is 1. The average Bonchev–Trinajstić information content (AvgIpc) is 2.26. The van der Waals surface area contributed by atoms with Crippen LogP contribution in [0.3, 0.4) is 0 Å². The van der Waals surface area contributed by atoms with Crippen LogP contribution in [0.2, 0.25) is 0 Å². The number of carbonyl (C=O) groups is 1. The van der Waals surface area contributed by atoms with E-state index < -0.39 is 0 Å². The summed E-state index contributed by atoms with van der Waals surface area (Å²) in [7, 11) is 6.17. The van der Waals surface area contributed by atoms with Crippen molar-refractivity contribution in [3.05, 3.63) is 34.4 Å². The van der Waals surface area contributed by atoms with Gasteiger partial charge in [-0.15, -0.1) is 0 Å². The van der Waals surface area contributed by atoms with Crippen molar-refractivity contribution in [3.63, 3.8) is 0 Å². The minimum absolute atomic E-state index is 0.229. The van der Waals surface area contributed by atoms with Crippen molar-refractivity contribution in [2.45, 2.75) is 27.2 Å². The van der Waals surface area contributed by atoms with E-state index in [-0.39, 0.29) is 5.78 Å². The van der Waals surface area contributed by atoms with Crippen LogP contribution in [0.15, 0.2) is 12.1 Å². The van der Waals surface area contributed by atoms with Gasteiger partial charge in [-0.1, -0.05) is 17.7 Å². The zero-order valence-electron chi connectivity index (χ0n) is 13.8. The average molecular weight is 276 g/mol. The summed E-state index contributed by atoms with van der Waals surface area (Å²) in [6, 6.07) is 4.18. The van der Waals surface area contributed by atoms with Crippen molar-refractivity contribution < 1.29 is 4.79 Å². The molecule has 0 N–H and O–H groups in total. The van der Waals surface area contributed by atoms with Crippen LogP contribution in [0, 0.1) is 20.8 Å². The van der Waals surface area contributed by atoms with Gasteiger partial charge in [-0.3, -0.25) is 9.69 Å². The van der Waals surface area contributed by atoms with E-state index in [4.69, 9.17) is 0 Å². The molecule has 0 aliphatic rings. The van der Waals surface area contributed by atoms with E-state index >= 15 is 0 Å². The van der Waals surface area contributed by atoms with Crippen LogP contribution in [0.25, 0.3) is 0 Å². The van der Waals surface area contributed by atoms with Gasteiger partial charge >= 0.3 is 0 Å². The number of nitrogens with zero attached hydrogens (tertiary/aromatic N) is 2. The Morgan fingerprint density at radius 3 is 2.05 bits per heavy atom.